The zero-order valence-corrected chi connectivity index (χ0v) is 12.8. The van der Waals surface area contributed by atoms with Gasteiger partial charge in [-0.3, -0.25) is 0 Å². The van der Waals surface area contributed by atoms with Crippen molar-refractivity contribution in [2.75, 3.05) is 19.1 Å². The van der Waals surface area contributed by atoms with Crippen molar-refractivity contribution in [3.05, 3.63) is 46.3 Å². The zero-order chi connectivity index (χ0) is 13.8. The molecular weight excluding hydrogens is 306 g/mol. The number of rotatable bonds is 4. The summed E-state index contributed by atoms with van der Waals surface area (Å²) in [5, 5.41) is 0. The number of methoxy groups -OCH3 is 1. The molecule has 5 heteroatoms. The number of nitrogens with zero attached hydrogens (tertiary/aromatic N) is 3. The molecule has 0 radical (unpaired) electrons. The third-order valence-electron chi connectivity index (χ3n) is 2.74. The van der Waals surface area contributed by atoms with E-state index in [2.05, 4.69) is 36.9 Å². The van der Waals surface area contributed by atoms with E-state index < -0.39 is 0 Å². The van der Waals surface area contributed by atoms with Crippen molar-refractivity contribution in [2.24, 2.45) is 0 Å². The molecule has 4 nitrogen and oxygen atoms in total. The summed E-state index contributed by atoms with van der Waals surface area (Å²) >= 11 is 3.39. The average molecular weight is 322 g/mol. The van der Waals surface area contributed by atoms with Crippen LogP contribution in [0.2, 0.25) is 0 Å². The molecule has 0 aliphatic carbocycles. The van der Waals surface area contributed by atoms with Crippen molar-refractivity contribution in [1.29, 1.82) is 0 Å². The molecule has 0 atom stereocenters. The highest BCUT2D eigenvalue weighted by molar-refractivity contribution is 9.10. The Hall–Kier alpha value is -1.62. The summed E-state index contributed by atoms with van der Waals surface area (Å²) in [6.45, 7) is 2.65. The van der Waals surface area contributed by atoms with Crippen molar-refractivity contribution in [3.63, 3.8) is 0 Å². The van der Waals surface area contributed by atoms with E-state index in [-0.39, 0.29) is 0 Å². The maximum absolute atomic E-state index is 5.23. The lowest BCUT2D eigenvalue weighted by molar-refractivity contribution is 0.414. The van der Waals surface area contributed by atoms with E-state index in [9.17, 15) is 0 Å². The summed E-state index contributed by atoms with van der Waals surface area (Å²) in [7, 11) is 3.68. The molecule has 0 saturated heterocycles. The zero-order valence-electron chi connectivity index (χ0n) is 11.2. The van der Waals surface area contributed by atoms with Crippen LogP contribution in [0.1, 0.15) is 11.4 Å². The van der Waals surface area contributed by atoms with E-state index >= 15 is 0 Å². The molecule has 1 heterocycles. The van der Waals surface area contributed by atoms with Crippen LogP contribution in [0.5, 0.6) is 5.75 Å². The minimum absolute atomic E-state index is 0.752. The first kappa shape index (κ1) is 13.8. The monoisotopic (exact) mass is 321 g/mol. The summed E-state index contributed by atoms with van der Waals surface area (Å²) in [5.41, 5.74) is 1.18. The lowest BCUT2D eigenvalue weighted by Crippen LogP contribution is -2.18. The second kappa shape index (κ2) is 6.02. The third kappa shape index (κ3) is 3.67. The normalized spacial score (nSPS) is 10.3. The number of aromatic nitrogens is 2. The van der Waals surface area contributed by atoms with Gasteiger partial charge in [0.2, 0.25) is 0 Å². The second-order valence-corrected chi connectivity index (χ2v) is 5.12. The Labute approximate surface area is 121 Å². The van der Waals surface area contributed by atoms with E-state index in [1.807, 2.05) is 38.2 Å². The predicted molar refractivity (Wildman–Crippen MR) is 79.6 cm³/mol. The molecule has 0 unspecified atom stereocenters. The van der Waals surface area contributed by atoms with Crippen LogP contribution in [0.25, 0.3) is 0 Å². The lowest BCUT2D eigenvalue weighted by atomic mass is 10.2. The molecule has 0 aliphatic heterocycles. The van der Waals surface area contributed by atoms with Crippen LogP contribution in [0.4, 0.5) is 5.82 Å². The van der Waals surface area contributed by atoms with Gasteiger partial charge in [-0.25, -0.2) is 9.97 Å². The lowest BCUT2D eigenvalue weighted by Gasteiger charge is -2.19. The predicted octanol–water partition coefficient (Wildman–Crippen LogP) is 3.19. The minimum atomic E-state index is 0.752. The maximum atomic E-state index is 5.23. The molecule has 2 rings (SSSR count). The van der Waals surface area contributed by atoms with Crippen LogP contribution in [0, 0.1) is 6.92 Å². The quantitative estimate of drug-likeness (QED) is 0.810. The van der Waals surface area contributed by atoms with Crippen LogP contribution in [-0.2, 0) is 6.54 Å². The van der Waals surface area contributed by atoms with E-state index in [1.54, 1.807) is 7.11 Å². The van der Waals surface area contributed by atoms with Crippen molar-refractivity contribution >= 4 is 21.7 Å². The summed E-state index contributed by atoms with van der Waals surface area (Å²) in [6, 6.07) is 9.94. The minimum Gasteiger partial charge on any atom is -0.497 e. The molecule has 0 fully saturated rings. The van der Waals surface area contributed by atoms with Crippen LogP contribution >= 0.6 is 15.9 Å². The molecule has 0 aliphatic rings. The Morgan fingerprint density at radius 2 is 2.05 bits per heavy atom. The number of benzene rings is 1. The second-order valence-electron chi connectivity index (χ2n) is 4.30. The number of ether oxygens (including phenoxy) is 1. The van der Waals surface area contributed by atoms with Crippen LogP contribution in [0.3, 0.4) is 0 Å². The Bertz CT molecular complexity index is 554. The molecule has 19 heavy (non-hydrogen) atoms. The van der Waals surface area contributed by atoms with E-state index in [0.29, 0.717) is 0 Å². The van der Waals surface area contributed by atoms with Crippen LogP contribution < -0.4 is 9.64 Å². The highest BCUT2D eigenvalue weighted by atomic mass is 79.9. The topological polar surface area (TPSA) is 38.2 Å². The maximum Gasteiger partial charge on any atom is 0.133 e. The highest BCUT2D eigenvalue weighted by Crippen LogP contribution is 2.19. The van der Waals surface area contributed by atoms with E-state index in [1.165, 1.54) is 5.56 Å². The fourth-order valence-corrected chi connectivity index (χ4v) is 2.30. The molecule has 2 aromatic rings. The smallest absolute Gasteiger partial charge is 0.133 e. The summed E-state index contributed by atoms with van der Waals surface area (Å²) in [6.07, 6.45) is 0. The molecular formula is C14H16BrN3O. The van der Waals surface area contributed by atoms with Crippen molar-refractivity contribution in [2.45, 2.75) is 13.5 Å². The summed E-state index contributed by atoms with van der Waals surface area (Å²) in [5.74, 6) is 2.51. The fourth-order valence-electron chi connectivity index (χ4n) is 1.84. The molecule has 100 valence electrons. The Balaban J connectivity index is 2.17. The van der Waals surface area contributed by atoms with E-state index in [0.717, 1.165) is 28.5 Å². The number of hydrogen-bond donors (Lipinski definition) is 0. The summed E-state index contributed by atoms with van der Waals surface area (Å²) in [4.78, 5) is 10.7. The molecule has 0 amide bonds. The molecule has 1 aromatic carbocycles. The first-order valence-electron chi connectivity index (χ1n) is 5.94. The Morgan fingerprint density at radius 1 is 1.26 bits per heavy atom. The number of anilines is 1. The van der Waals surface area contributed by atoms with E-state index in [4.69, 9.17) is 4.74 Å². The van der Waals surface area contributed by atoms with Gasteiger partial charge in [0, 0.05) is 19.7 Å². The first-order valence-corrected chi connectivity index (χ1v) is 6.73. The standard InChI is InChI=1S/C14H16BrN3O/c1-10-16-13(15)8-14(17-10)18(2)9-11-5-4-6-12(7-11)19-3/h4-8H,9H2,1-3H3. The Kier molecular flexibility index (Phi) is 4.37. The van der Waals surface area contributed by atoms with Crippen LogP contribution in [-0.4, -0.2) is 24.1 Å². The molecule has 0 N–H and O–H groups in total. The molecule has 0 spiro atoms. The van der Waals surface area contributed by atoms with Gasteiger partial charge in [0.1, 0.15) is 22.0 Å². The molecule has 0 bridgehead atoms. The van der Waals surface area contributed by atoms with Gasteiger partial charge >= 0.3 is 0 Å². The van der Waals surface area contributed by atoms with Crippen molar-refractivity contribution in [3.8, 4) is 5.75 Å². The van der Waals surface area contributed by atoms with Gasteiger partial charge in [0.05, 0.1) is 7.11 Å². The Morgan fingerprint density at radius 3 is 2.74 bits per heavy atom. The number of aryl methyl sites for hydroxylation is 1. The number of halogens is 1. The molecule has 1 aromatic heterocycles. The highest BCUT2D eigenvalue weighted by Gasteiger charge is 2.07. The SMILES string of the molecule is COc1cccc(CN(C)c2cc(Br)nc(C)n2)c1. The van der Waals surface area contributed by atoms with Crippen LogP contribution in [0.15, 0.2) is 34.9 Å². The van der Waals surface area contributed by atoms with Gasteiger partial charge in [-0.2, -0.15) is 0 Å². The largest absolute Gasteiger partial charge is 0.497 e. The van der Waals surface area contributed by atoms with Gasteiger partial charge in [0.15, 0.2) is 0 Å². The third-order valence-corrected chi connectivity index (χ3v) is 3.14. The van der Waals surface area contributed by atoms with Gasteiger partial charge < -0.3 is 9.64 Å². The summed E-state index contributed by atoms with van der Waals surface area (Å²) < 4.78 is 6.03. The first-order chi connectivity index (χ1) is 9.08. The van der Waals surface area contributed by atoms with Gasteiger partial charge in [0.25, 0.3) is 0 Å². The average Bonchev–Trinajstić information content (AvgIpc) is 2.37. The van der Waals surface area contributed by atoms with Crippen molar-refractivity contribution < 1.29 is 4.74 Å². The number of hydrogen-bond acceptors (Lipinski definition) is 4. The molecule has 0 saturated carbocycles. The van der Waals surface area contributed by atoms with Gasteiger partial charge in [-0.1, -0.05) is 12.1 Å². The fraction of sp³-hybridized carbons (Fsp3) is 0.286. The van der Waals surface area contributed by atoms with Gasteiger partial charge in [-0.05, 0) is 40.5 Å². The van der Waals surface area contributed by atoms with Gasteiger partial charge in [-0.15, -0.1) is 0 Å². The van der Waals surface area contributed by atoms with Crippen molar-refractivity contribution in [1.82, 2.24) is 9.97 Å².